The number of imidazole rings is 1. The summed E-state index contributed by atoms with van der Waals surface area (Å²) >= 11 is 6.03. The second-order valence-electron chi connectivity index (χ2n) is 4.85. The fourth-order valence-electron chi connectivity index (χ4n) is 2.22. The number of halogens is 1. The van der Waals surface area contributed by atoms with Gasteiger partial charge in [0.05, 0.1) is 18.5 Å². The minimum Gasteiger partial charge on any atom is -0.380 e. The van der Waals surface area contributed by atoms with Crippen molar-refractivity contribution < 1.29 is 4.74 Å². The molecule has 0 aliphatic carbocycles. The van der Waals surface area contributed by atoms with Crippen molar-refractivity contribution in [2.24, 2.45) is 5.92 Å². The maximum Gasteiger partial charge on any atom is 0.160 e. The molecule has 0 saturated carbocycles. The number of hydrogen-bond acceptors (Lipinski definition) is 3. The van der Waals surface area contributed by atoms with Gasteiger partial charge in [-0.25, -0.2) is 9.97 Å². The number of ether oxygens (including phenoxy) is 1. The minimum absolute atomic E-state index is 0.202. The first-order valence-corrected chi connectivity index (χ1v) is 7.18. The van der Waals surface area contributed by atoms with Crippen LogP contribution in [0.5, 0.6) is 0 Å². The zero-order valence-corrected chi connectivity index (χ0v) is 12.4. The molecule has 104 valence electrons. The molecule has 4 nitrogen and oxygen atoms in total. The molecule has 0 amide bonds. The monoisotopic (exact) mass is 281 g/mol. The van der Waals surface area contributed by atoms with Crippen molar-refractivity contribution >= 4 is 22.8 Å². The van der Waals surface area contributed by atoms with Crippen LogP contribution in [0.25, 0.3) is 11.2 Å². The quantitative estimate of drug-likeness (QED) is 0.762. The number of nitrogens with zero attached hydrogens (tertiary/aromatic N) is 3. The Labute approximate surface area is 118 Å². The van der Waals surface area contributed by atoms with Gasteiger partial charge >= 0.3 is 0 Å². The molecule has 0 fully saturated rings. The molecular weight excluding hydrogens is 262 g/mol. The fraction of sp³-hybridized carbons (Fsp3) is 0.571. The first-order chi connectivity index (χ1) is 9.19. The highest BCUT2D eigenvalue weighted by Gasteiger charge is 2.22. The van der Waals surface area contributed by atoms with E-state index in [-0.39, 0.29) is 6.04 Å². The van der Waals surface area contributed by atoms with Crippen LogP contribution in [-0.2, 0) is 10.6 Å². The summed E-state index contributed by atoms with van der Waals surface area (Å²) in [6.45, 7) is 7.72. The number of hydrogen-bond donors (Lipinski definition) is 0. The maximum atomic E-state index is 6.03. The van der Waals surface area contributed by atoms with Gasteiger partial charge in [-0.2, -0.15) is 0 Å². The summed E-state index contributed by atoms with van der Waals surface area (Å²) in [4.78, 5) is 9.00. The number of fused-ring (bicyclic) bond motifs is 1. The van der Waals surface area contributed by atoms with E-state index in [1.165, 1.54) is 0 Å². The molecule has 0 aromatic carbocycles. The second-order valence-corrected chi connectivity index (χ2v) is 5.12. The summed E-state index contributed by atoms with van der Waals surface area (Å²) in [7, 11) is 0. The molecule has 2 rings (SSSR count). The first-order valence-electron chi connectivity index (χ1n) is 6.64. The topological polar surface area (TPSA) is 39.9 Å². The van der Waals surface area contributed by atoms with E-state index < -0.39 is 0 Å². The van der Waals surface area contributed by atoms with Crippen LogP contribution in [0.4, 0.5) is 0 Å². The van der Waals surface area contributed by atoms with Gasteiger partial charge in [0, 0.05) is 12.8 Å². The summed E-state index contributed by atoms with van der Waals surface area (Å²) in [6.07, 6.45) is 1.79. The van der Waals surface area contributed by atoms with Gasteiger partial charge in [-0.05, 0) is 25.0 Å². The van der Waals surface area contributed by atoms with E-state index in [2.05, 4.69) is 28.4 Å². The third kappa shape index (κ3) is 2.90. The third-order valence-corrected chi connectivity index (χ3v) is 3.47. The molecule has 0 saturated heterocycles. The van der Waals surface area contributed by atoms with Crippen LogP contribution in [-0.4, -0.2) is 27.7 Å². The van der Waals surface area contributed by atoms with Gasteiger partial charge in [-0.15, -0.1) is 11.6 Å². The highest BCUT2D eigenvalue weighted by molar-refractivity contribution is 6.16. The van der Waals surface area contributed by atoms with Crippen LogP contribution in [0.2, 0.25) is 0 Å². The summed E-state index contributed by atoms with van der Waals surface area (Å²) in [5, 5.41) is 0. The molecule has 0 aliphatic rings. The molecule has 2 aromatic heterocycles. The first kappa shape index (κ1) is 14.3. The van der Waals surface area contributed by atoms with Crippen LogP contribution >= 0.6 is 11.6 Å². The Morgan fingerprint density at radius 1 is 1.42 bits per heavy atom. The predicted octanol–water partition coefficient (Wildman–Crippen LogP) is 3.40. The van der Waals surface area contributed by atoms with Crippen LogP contribution in [0.3, 0.4) is 0 Å². The van der Waals surface area contributed by atoms with Crippen molar-refractivity contribution in [3.05, 3.63) is 24.2 Å². The highest BCUT2D eigenvalue weighted by atomic mass is 35.5. The standard InChI is InChI=1S/C14H20ClN3O/c1-4-19-9-12(10(2)3)18-13(8-15)17-11-6-5-7-16-14(11)18/h5-7,10,12H,4,8-9H2,1-3H3. The zero-order chi connectivity index (χ0) is 13.8. The van der Waals surface area contributed by atoms with Gasteiger partial charge in [0.15, 0.2) is 5.65 Å². The zero-order valence-electron chi connectivity index (χ0n) is 11.6. The van der Waals surface area contributed by atoms with Gasteiger partial charge in [-0.1, -0.05) is 13.8 Å². The van der Waals surface area contributed by atoms with E-state index in [4.69, 9.17) is 16.3 Å². The molecule has 0 bridgehead atoms. The van der Waals surface area contributed by atoms with Crippen LogP contribution < -0.4 is 0 Å². The number of pyridine rings is 1. The van der Waals surface area contributed by atoms with Crippen LogP contribution in [0.1, 0.15) is 32.6 Å². The molecule has 0 spiro atoms. The van der Waals surface area contributed by atoms with Crippen LogP contribution in [0, 0.1) is 5.92 Å². The average molecular weight is 282 g/mol. The van der Waals surface area contributed by atoms with Gasteiger partial charge in [-0.3, -0.25) is 0 Å². The molecule has 19 heavy (non-hydrogen) atoms. The van der Waals surface area contributed by atoms with Crippen molar-refractivity contribution in [3.63, 3.8) is 0 Å². The molecule has 0 radical (unpaired) electrons. The predicted molar refractivity (Wildman–Crippen MR) is 77.5 cm³/mol. The summed E-state index contributed by atoms with van der Waals surface area (Å²) in [6, 6.07) is 4.06. The Hall–Kier alpha value is -1.13. The molecule has 1 unspecified atom stereocenters. The Balaban J connectivity index is 2.50. The van der Waals surface area contributed by atoms with Gasteiger partial charge in [0.25, 0.3) is 0 Å². The van der Waals surface area contributed by atoms with Crippen molar-refractivity contribution in [2.75, 3.05) is 13.2 Å². The number of rotatable bonds is 6. The normalized spacial score (nSPS) is 13.3. The molecule has 2 aromatic rings. The van der Waals surface area contributed by atoms with E-state index in [1.54, 1.807) is 6.20 Å². The van der Waals surface area contributed by atoms with Crippen LogP contribution in [0.15, 0.2) is 18.3 Å². The molecule has 2 heterocycles. The SMILES string of the molecule is CCOCC(C(C)C)n1c(CCl)nc2cccnc21. The maximum absolute atomic E-state index is 6.03. The largest absolute Gasteiger partial charge is 0.380 e. The van der Waals surface area contributed by atoms with E-state index in [1.807, 2.05) is 19.1 Å². The molecule has 1 atom stereocenters. The molecule has 5 heteroatoms. The second kappa shape index (κ2) is 6.35. The molecule has 0 aliphatic heterocycles. The van der Waals surface area contributed by atoms with Gasteiger partial charge in [0.2, 0.25) is 0 Å². The summed E-state index contributed by atoms with van der Waals surface area (Å²) < 4.78 is 7.74. The van der Waals surface area contributed by atoms with Crippen molar-refractivity contribution in [1.29, 1.82) is 0 Å². The van der Waals surface area contributed by atoms with Gasteiger partial charge < -0.3 is 9.30 Å². The lowest BCUT2D eigenvalue weighted by atomic mass is 10.1. The lowest BCUT2D eigenvalue weighted by molar-refractivity contribution is 0.0968. The Morgan fingerprint density at radius 3 is 2.84 bits per heavy atom. The summed E-state index contributed by atoms with van der Waals surface area (Å²) in [5.41, 5.74) is 1.77. The van der Waals surface area contributed by atoms with E-state index in [0.29, 0.717) is 25.0 Å². The van der Waals surface area contributed by atoms with E-state index in [9.17, 15) is 0 Å². The highest BCUT2D eigenvalue weighted by Crippen LogP contribution is 2.26. The Bertz CT molecular complexity index is 538. The molecule has 0 N–H and O–H groups in total. The van der Waals surface area contributed by atoms with Gasteiger partial charge in [0.1, 0.15) is 11.3 Å². The average Bonchev–Trinajstić information content (AvgIpc) is 2.78. The number of aromatic nitrogens is 3. The minimum atomic E-state index is 0.202. The van der Waals surface area contributed by atoms with Crippen molar-refractivity contribution in [2.45, 2.75) is 32.7 Å². The van der Waals surface area contributed by atoms with E-state index in [0.717, 1.165) is 17.0 Å². The lowest BCUT2D eigenvalue weighted by Crippen LogP contribution is -2.23. The third-order valence-electron chi connectivity index (χ3n) is 3.24. The van der Waals surface area contributed by atoms with Crippen molar-refractivity contribution in [1.82, 2.24) is 14.5 Å². The molecular formula is C14H20ClN3O. The smallest absolute Gasteiger partial charge is 0.160 e. The number of alkyl halides is 1. The Kier molecular flexibility index (Phi) is 4.77. The fourth-order valence-corrected chi connectivity index (χ4v) is 2.41. The summed E-state index contributed by atoms with van der Waals surface area (Å²) in [5.74, 6) is 1.66. The van der Waals surface area contributed by atoms with Crippen molar-refractivity contribution in [3.8, 4) is 0 Å². The van der Waals surface area contributed by atoms with E-state index >= 15 is 0 Å². The lowest BCUT2D eigenvalue weighted by Gasteiger charge is -2.24. The Morgan fingerprint density at radius 2 is 2.21 bits per heavy atom.